The molecule has 0 aliphatic rings. The first-order chi connectivity index (χ1) is 8.40. The Balaban J connectivity index is 2.57. The van der Waals surface area contributed by atoms with Crippen molar-refractivity contribution in [2.24, 2.45) is 0 Å². The van der Waals surface area contributed by atoms with E-state index in [0.29, 0.717) is 0 Å². The summed E-state index contributed by atoms with van der Waals surface area (Å²) in [5.41, 5.74) is 0. The van der Waals surface area contributed by atoms with E-state index < -0.39 is 29.8 Å². The van der Waals surface area contributed by atoms with Crippen LogP contribution < -0.4 is 10.1 Å². The Morgan fingerprint density at radius 3 is 2.61 bits per heavy atom. The second-order valence-electron chi connectivity index (χ2n) is 3.79. The lowest BCUT2D eigenvalue weighted by Crippen LogP contribution is -2.44. The normalized spacial score (nSPS) is 13.5. The van der Waals surface area contributed by atoms with Gasteiger partial charge >= 0.3 is 5.97 Å². The summed E-state index contributed by atoms with van der Waals surface area (Å²) in [6.07, 6.45) is -0.909. The molecule has 0 fully saturated rings. The molecule has 2 N–H and O–H groups in total. The van der Waals surface area contributed by atoms with Gasteiger partial charge in [-0.1, -0.05) is 6.07 Å². The Labute approximate surface area is 104 Å². The fraction of sp³-hybridized carbons (Fsp3) is 0.333. The second-order valence-corrected chi connectivity index (χ2v) is 3.79. The Morgan fingerprint density at radius 1 is 1.39 bits per heavy atom. The third-order valence-corrected chi connectivity index (χ3v) is 2.21. The van der Waals surface area contributed by atoms with Gasteiger partial charge in [0.15, 0.2) is 6.10 Å². The Morgan fingerprint density at radius 2 is 2.06 bits per heavy atom. The summed E-state index contributed by atoms with van der Waals surface area (Å²) in [5.74, 6) is -1.98. The van der Waals surface area contributed by atoms with Crippen LogP contribution in [0.4, 0.5) is 4.39 Å². The standard InChI is InChI=1S/C12H14FNO4/c1-7(12(16)17)14-11(15)8(2)18-10-5-3-4-9(13)6-10/h3-8H,1-2H3,(H,14,15)(H,16,17)/t7-,8?/m1/s1. The van der Waals surface area contributed by atoms with Gasteiger partial charge in [0.1, 0.15) is 17.6 Å². The molecule has 1 unspecified atom stereocenters. The van der Waals surface area contributed by atoms with E-state index in [1.165, 1.54) is 32.0 Å². The highest BCUT2D eigenvalue weighted by Crippen LogP contribution is 2.13. The van der Waals surface area contributed by atoms with Crippen molar-refractivity contribution in [3.05, 3.63) is 30.1 Å². The van der Waals surface area contributed by atoms with E-state index in [1.807, 2.05) is 0 Å². The number of rotatable bonds is 5. The molecule has 1 amide bonds. The SMILES string of the molecule is CC(Oc1cccc(F)c1)C(=O)N[C@H](C)C(=O)O. The highest BCUT2D eigenvalue weighted by Gasteiger charge is 2.20. The van der Waals surface area contributed by atoms with E-state index in [0.717, 1.165) is 6.07 Å². The number of nitrogens with one attached hydrogen (secondary N) is 1. The largest absolute Gasteiger partial charge is 0.481 e. The van der Waals surface area contributed by atoms with Crippen molar-refractivity contribution in [1.29, 1.82) is 0 Å². The quantitative estimate of drug-likeness (QED) is 0.828. The summed E-state index contributed by atoms with van der Waals surface area (Å²) in [7, 11) is 0. The minimum atomic E-state index is -1.14. The van der Waals surface area contributed by atoms with Crippen LogP contribution in [0.25, 0.3) is 0 Å². The van der Waals surface area contributed by atoms with E-state index in [2.05, 4.69) is 5.32 Å². The van der Waals surface area contributed by atoms with Crippen LogP contribution in [0.15, 0.2) is 24.3 Å². The zero-order valence-corrected chi connectivity index (χ0v) is 10.0. The molecule has 18 heavy (non-hydrogen) atoms. The van der Waals surface area contributed by atoms with Gasteiger partial charge in [0.2, 0.25) is 0 Å². The highest BCUT2D eigenvalue weighted by molar-refractivity contribution is 5.86. The maximum Gasteiger partial charge on any atom is 0.325 e. The maximum absolute atomic E-state index is 12.9. The van der Waals surface area contributed by atoms with E-state index in [9.17, 15) is 14.0 Å². The smallest absolute Gasteiger partial charge is 0.325 e. The van der Waals surface area contributed by atoms with E-state index in [4.69, 9.17) is 9.84 Å². The fourth-order valence-corrected chi connectivity index (χ4v) is 1.19. The lowest BCUT2D eigenvalue weighted by atomic mass is 10.3. The summed E-state index contributed by atoms with van der Waals surface area (Å²) >= 11 is 0. The molecule has 0 aliphatic heterocycles. The van der Waals surface area contributed by atoms with Crippen LogP contribution in [-0.2, 0) is 9.59 Å². The number of carboxylic acid groups (broad SMARTS) is 1. The molecular formula is C12H14FNO4. The van der Waals surface area contributed by atoms with Crippen molar-refractivity contribution in [2.75, 3.05) is 0 Å². The number of carboxylic acids is 1. The second kappa shape index (κ2) is 6.00. The summed E-state index contributed by atoms with van der Waals surface area (Å²) < 4.78 is 18.1. The molecule has 1 aromatic rings. The molecule has 0 aliphatic carbocycles. The van der Waals surface area contributed by atoms with Crippen molar-refractivity contribution < 1.29 is 23.8 Å². The van der Waals surface area contributed by atoms with Crippen LogP contribution in [0.5, 0.6) is 5.75 Å². The molecule has 0 saturated heterocycles. The number of hydrogen-bond donors (Lipinski definition) is 2. The van der Waals surface area contributed by atoms with Crippen molar-refractivity contribution >= 4 is 11.9 Å². The van der Waals surface area contributed by atoms with Gasteiger partial charge in [0, 0.05) is 6.07 Å². The third kappa shape index (κ3) is 4.04. The first kappa shape index (κ1) is 14.0. The number of aliphatic carboxylic acids is 1. The number of carbonyl (C=O) groups is 2. The van der Waals surface area contributed by atoms with Crippen molar-refractivity contribution in [3.8, 4) is 5.75 Å². The molecule has 0 heterocycles. The summed E-state index contributed by atoms with van der Waals surface area (Å²) in [6, 6.07) is 4.35. The van der Waals surface area contributed by atoms with Gasteiger partial charge in [-0.15, -0.1) is 0 Å². The molecule has 98 valence electrons. The lowest BCUT2D eigenvalue weighted by molar-refractivity contribution is -0.142. The zero-order valence-electron chi connectivity index (χ0n) is 10.0. The van der Waals surface area contributed by atoms with E-state index >= 15 is 0 Å². The average Bonchev–Trinajstić information content (AvgIpc) is 2.28. The molecule has 0 spiro atoms. The average molecular weight is 255 g/mol. The molecular weight excluding hydrogens is 241 g/mol. The summed E-state index contributed by atoms with van der Waals surface area (Å²) in [6.45, 7) is 2.80. The molecule has 0 bridgehead atoms. The topological polar surface area (TPSA) is 75.6 Å². The van der Waals surface area contributed by atoms with Crippen molar-refractivity contribution in [1.82, 2.24) is 5.32 Å². The summed E-state index contributed by atoms with van der Waals surface area (Å²) in [4.78, 5) is 22.1. The Kier molecular flexibility index (Phi) is 4.65. The number of hydrogen-bond acceptors (Lipinski definition) is 3. The highest BCUT2D eigenvalue weighted by atomic mass is 19.1. The van der Waals surface area contributed by atoms with Gasteiger partial charge in [-0.05, 0) is 26.0 Å². The minimum absolute atomic E-state index is 0.209. The molecule has 0 radical (unpaired) electrons. The first-order valence-electron chi connectivity index (χ1n) is 5.35. The van der Waals surface area contributed by atoms with Gasteiger partial charge in [-0.2, -0.15) is 0 Å². The van der Waals surface area contributed by atoms with Crippen LogP contribution in [0, 0.1) is 5.82 Å². The number of halogens is 1. The number of amides is 1. The molecule has 0 saturated carbocycles. The Hall–Kier alpha value is -2.11. The Bertz CT molecular complexity index is 449. The van der Waals surface area contributed by atoms with Gasteiger partial charge in [-0.3, -0.25) is 9.59 Å². The monoisotopic (exact) mass is 255 g/mol. The van der Waals surface area contributed by atoms with E-state index in [1.54, 1.807) is 0 Å². The third-order valence-electron chi connectivity index (χ3n) is 2.21. The first-order valence-corrected chi connectivity index (χ1v) is 5.35. The lowest BCUT2D eigenvalue weighted by Gasteiger charge is -2.16. The van der Waals surface area contributed by atoms with Gasteiger partial charge in [0.05, 0.1) is 0 Å². The van der Waals surface area contributed by atoms with Gasteiger partial charge < -0.3 is 15.2 Å². The molecule has 1 rings (SSSR count). The summed E-state index contributed by atoms with van der Waals surface area (Å²) in [5, 5.41) is 10.9. The van der Waals surface area contributed by atoms with Crippen LogP contribution in [0.3, 0.4) is 0 Å². The fourth-order valence-electron chi connectivity index (χ4n) is 1.19. The van der Waals surface area contributed by atoms with Gasteiger partial charge in [0.25, 0.3) is 5.91 Å². The molecule has 2 atom stereocenters. The number of benzene rings is 1. The van der Waals surface area contributed by atoms with Crippen molar-refractivity contribution in [3.63, 3.8) is 0 Å². The number of carbonyl (C=O) groups excluding carboxylic acids is 1. The minimum Gasteiger partial charge on any atom is -0.481 e. The van der Waals surface area contributed by atoms with Crippen LogP contribution in [-0.4, -0.2) is 29.1 Å². The molecule has 0 aromatic heterocycles. The van der Waals surface area contributed by atoms with E-state index in [-0.39, 0.29) is 5.75 Å². The number of ether oxygens (including phenoxy) is 1. The zero-order chi connectivity index (χ0) is 13.7. The van der Waals surface area contributed by atoms with Crippen LogP contribution in [0.2, 0.25) is 0 Å². The molecule has 5 nitrogen and oxygen atoms in total. The van der Waals surface area contributed by atoms with Crippen LogP contribution >= 0.6 is 0 Å². The van der Waals surface area contributed by atoms with Gasteiger partial charge in [-0.25, -0.2) is 4.39 Å². The maximum atomic E-state index is 12.9. The van der Waals surface area contributed by atoms with Crippen LogP contribution in [0.1, 0.15) is 13.8 Å². The molecule has 1 aromatic carbocycles. The predicted molar refractivity (Wildman–Crippen MR) is 61.7 cm³/mol. The molecule has 6 heteroatoms. The predicted octanol–water partition coefficient (Wildman–Crippen LogP) is 1.18. The van der Waals surface area contributed by atoms with Crippen molar-refractivity contribution in [2.45, 2.75) is 26.0 Å².